The highest BCUT2D eigenvalue weighted by Crippen LogP contribution is 2.21. The van der Waals surface area contributed by atoms with E-state index in [2.05, 4.69) is 25.9 Å². The molecule has 0 spiro atoms. The van der Waals surface area contributed by atoms with Crippen LogP contribution in [0.1, 0.15) is 12.0 Å². The second kappa shape index (κ2) is 5.00. The fraction of sp³-hybridized carbons (Fsp3) is 0.429. The van der Waals surface area contributed by atoms with E-state index in [-0.39, 0.29) is 0 Å². The van der Waals surface area contributed by atoms with E-state index in [4.69, 9.17) is 23.2 Å². The van der Waals surface area contributed by atoms with Crippen molar-refractivity contribution in [1.29, 1.82) is 0 Å². The van der Waals surface area contributed by atoms with Gasteiger partial charge < -0.3 is 0 Å². The summed E-state index contributed by atoms with van der Waals surface area (Å²) in [7, 11) is 0. The van der Waals surface area contributed by atoms with Crippen LogP contribution in [0.15, 0.2) is 6.33 Å². The Kier molecular flexibility index (Phi) is 4.26. The van der Waals surface area contributed by atoms with Gasteiger partial charge >= 0.3 is 0 Å². The van der Waals surface area contributed by atoms with Crippen LogP contribution in [-0.2, 0) is 6.42 Å². The van der Waals surface area contributed by atoms with Crippen LogP contribution in [0.3, 0.4) is 0 Å². The third-order valence-corrected chi connectivity index (χ3v) is 2.61. The molecule has 0 atom stereocenters. The van der Waals surface area contributed by atoms with Crippen LogP contribution < -0.4 is 0 Å². The topological polar surface area (TPSA) is 25.8 Å². The largest absolute Gasteiger partial charge is 0.224 e. The third-order valence-electron chi connectivity index (χ3n) is 1.40. The summed E-state index contributed by atoms with van der Waals surface area (Å²) in [5.74, 6) is 0. The first-order valence-corrected chi connectivity index (χ1v) is 5.34. The lowest BCUT2D eigenvalue weighted by atomic mass is 10.2. The van der Waals surface area contributed by atoms with Crippen molar-refractivity contribution >= 4 is 39.1 Å². The maximum Gasteiger partial charge on any atom is 0.137 e. The minimum absolute atomic E-state index is 0.455. The Hall–Kier alpha value is 0.140. The van der Waals surface area contributed by atoms with Gasteiger partial charge in [-0.15, -0.1) is 0 Å². The number of hydrogen-bond donors (Lipinski definition) is 0. The monoisotopic (exact) mass is 268 g/mol. The lowest BCUT2D eigenvalue weighted by Crippen LogP contribution is -1.93. The van der Waals surface area contributed by atoms with Crippen LogP contribution >= 0.6 is 39.1 Å². The van der Waals surface area contributed by atoms with Gasteiger partial charge in [0.15, 0.2) is 0 Å². The number of nitrogens with zero attached hydrogens (tertiary/aromatic N) is 2. The van der Waals surface area contributed by atoms with E-state index in [9.17, 15) is 0 Å². The van der Waals surface area contributed by atoms with Gasteiger partial charge in [0.25, 0.3) is 0 Å². The van der Waals surface area contributed by atoms with Gasteiger partial charge in [-0.2, -0.15) is 0 Å². The molecule has 1 aromatic rings. The molecule has 0 aliphatic heterocycles. The van der Waals surface area contributed by atoms with E-state index in [0.29, 0.717) is 10.3 Å². The Bertz CT molecular complexity index is 247. The van der Waals surface area contributed by atoms with Crippen LogP contribution in [0.4, 0.5) is 0 Å². The first-order chi connectivity index (χ1) is 5.75. The quantitative estimate of drug-likeness (QED) is 0.623. The smallest absolute Gasteiger partial charge is 0.137 e. The molecule has 0 bridgehead atoms. The fourth-order valence-corrected chi connectivity index (χ4v) is 1.61. The predicted octanol–water partition coefficient (Wildman–Crippen LogP) is 3.11. The molecule has 0 aromatic carbocycles. The Morgan fingerprint density at radius 3 is 2.33 bits per heavy atom. The zero-order valence-corrected chi connectivity index (χ0v) is 9.32. The van der Waals surface area contributed by atoms with E-state index in [1.54, 1.807) is 0 Å². The van der Waals surface area contributed by atoms with Gasteiger partial charge in [0.2, 0.25) is 0 Å². The first kappa shape index (κ1) is 10.2. The second-order valence-electron chi connectivity index (χ2n) is 2.23. The van der Waals surface area contributed by atoms with Crippen molar-refractivity contribution in [2.24, 2.45) is 0 Å². The summed E-state index contributed by atoms with van der Waals surface area (Å²) in [6.45, 7) is 0. The third kappa shape index (κ3) is 2.57. The molecule has 12 heavy (non-hydrogen) atoms. The predicted molar refractivity (Wildman–Crippen MR) is 54.2 cm³/mol. The molecule has 0 N–H and O–H groups in total. The van der Waals surface area contributed by atoms with Gasteiger partial charge in [0.05, 0.1) is 0 Å². The van der Waals surface area contributed by atoms with E-state index < -0.39 is 0 Å². The highest BCUT2D eigenvalue weighted by Gasteiger charge is 2.06. The Labute approximate surface area is 89.4 Å². The van der Waals surface area contributed by atoms with Gasteiger partial charge in [0.1, 0.15) is 16.6 Å². The molecule has 66 valence electrons. The van der Waals surface area contributed by atoms with Crippen molar-refractivity contribution in [3.8, 4) is 0 Å². The van der Waals surface area contributed by atoms with Crippen LogP contribution in [0.5, 0.6) is 0 Å². The Morgan fingerprint density at radius 2 is 1.83 bits per heavy atom. The highest BCUT2D eigenvalue weighted by atomic mass is 79.9. The summed E-state index contributed by atoms with van der Waals surface area (Å²) in [4.78, 5) is 7.69. The molecule has 1 rings (SSSR count). The summed E-state index contributed by atoms with van der Waals surface area (Å²) in [6.07, 6.45) is 3.15. The van der Waals surface area contributed by atoms with Crippen molar-refractivity contribution in [3.63, 3.8) is 0 Å². The molecule has 0 unspecified atom stereocenters. The number of rotatable bonds is 3. The van der Waals surface area contributed by atoms with Crippen LogP contribution in [0.25, 0.3) is 0 Å². The molecule has 2 nitrogen and oxygen atoms in total. The lowest BCUT2D eigenvalue weighted by molar-refractivity contribution is 0.916. The van der Waals surface area contributed by atoms with Crippen LogP contribution in [0, 0.1) is 0 Å². The van der Waals surface area contributed by atoms with Gasteiger partial charge in [-0.05, 0) is 12.8 Å². The zero-order chi connectivity index (χ0) is 8.97. The molecular formula is C7H7BrCl2N2. The molecule has 0 saturated heterocycles. The van der Waals surface area contributed by atoms with Gasteiger partial charge in [-0.3, -0.25) is 0 Å². The molecular weight excluding hydrogens is 263 g/mol. The van der Waals surface area contributed by atoms with Gasteiger partial charge in [-0.25, -0.2) is 9.97 Å². The minimum atomic E-state index is 0.455. The number of aromatic nitrogens is 2. The summed E-state index contributed by atoms with van der Waals surface area (Å²) >= 11 is 15.0. The van der Waals surface area contributed by atoms with E-state index in [1.807, 2.05) is 0 Å². The Morgan fingerprint density at radius 1 is 1.25 bits per heavy atom. The average molecular weight is 270 g/mol. The van der Waals surface area contributed by atoms with Crippen molar-refractivity contribution < 1.29 is 0 Å². The summed E-state index contributed by atoms with van der Waals surface area (Å²) in [6, 6.07) is 0. The number of alkyl halides is 1. The minimum Gasteiger partial charge on any atom is -0.224 e. The molecule has 0 radical (unpaired) electrons. The molecule has 1 aromatic heterocycles. The number of halogens is 3. The normalized spacial score (nSPS) is 10.2. The van der Waals surface area contributed by atoms with Crippen molar-refractivity contribution in [1.82, 2.24) is 9.97 Å². The molecule has 0 fully saturated rings. The Balaban J connectivity index is 2.81. The lowest BCUT2D eigenvalue weighted by Gasteiger charge is -2.02. The maximum absolute atomic E-state index is 5.81. The first-order valence-electron chi connectivity index (χ1n) is 3.46. The van der Waals surface area contributed by atoms with Gasteiger partial charge in [-0.1, -0.05) is 39.1 Å². The molecule has 0 aliphatic carbocycles. The molecule has 0 saturated carbocycles. The number of hydrogen-bond acceptors (Lipinski definition) is 2. The summed E-state index contributed by atoms with van der Waals surface area (Å²) in [5.41, 5.74) is 0.834. The van der Waals surface area contributed by atoms with Gasteiger partial charge in [0, 0.05) is 10.9 Å². The SMILES string of the molecule is Clc1ncnc(Cl)c1CCCBr. The van der Waals surface area contributed by atoms with Crippen LogP contribution in [-0.4, -0.2) is 15.3 Å². The van der Waals surface area contributed by atoms with Crippen molar-refractivity contribution in [2.45, 2.75) is 12.8 Å². The zero-order valence-electron chi connectivity index (χ0n) is 6.23. The molecule has 0 amide bonds. The second-order valence-corrected chi connectivity index (χ2v) is 3.74. The summed E-state index contributed by atoms with van der Waals surface area (Å²) in [5, 5.41) is 1.83. The molecule has 0 aliphatic rings. The molecule has 5 heteroatoms. The molecule has 1 heterocycles. The standard InChI is InChI=1S/C7H7BrCl2N2/c8-3-1-2-5-6(9)11-4-12-7(5)10/h4H,1-3H2. The van der Waals surface area contributed by atoms with Crippen LogP contribution in [0.2, 0.25) is 10.3 Å². The fourth-order valence-electron chi connectivity index (χ4n) is 0.821. The summed E-state index contributed by atoms with van der Waals surface area (Å²) < 4.78 is 0. The van der Waals surface area contributed by atoms with E-state index in [1.165, 1.54) is 6.33 Å². The van der Waals surface area contributed by atoms with Crippen molar-refractivity contribution in [2.75, 3.05) is 5.33 Å². The maximum atomic E-state index is 5.81. The van der Waals surface area contributed by atoms with Crippen molar-refractivity contribution in [3.05, 3.63) is 22.2 Å². The van der Waals surface area contributed by atoms with E-state index in [0.717, 1.165) is 23.7 Å². The van der Waals surface area contributed by atoms with E-state index >= 15 is 0 Å². The highest BCUT2D eigenvalue weighted by molar-refractivity contribution is 9.09. The average Bonchev–Trinajstić information content (AvgIpc) is 2.04.